The molecule has 178 valence electrons. The number of rotatable bonds is 6. The lowest BCUT2D eigenvalue weighted by Crippen LogP contribution is -2.44. The fourth-order valence-corrected chi connectivity index (χ4v) is 5.13. The Hall–Kier alpha value is -4.34. The Bertz CT molecular complexity index is 1270. The zero-order valence-corrected chi connectivity index (χ0v) is 18.7. The first kappa shape index (κ1) is 22.5. The minimum absolute atomic E-state index is 0.180. The van der Waals surface area contributed by atoms with Crippen molar-refractivity contribution < 1.29 is 29.1 Å². The quantitative estimate of drug-likeness (QED) is 0.478. The summed E-state index contributed by atoms with van der Waals surface area (Å²) in [6, 6.07) is 10.3. The van der Waals surface area contributed by atoms with Gasteiger partial charge in [0.2, 0.25) is 11.8 Å². The summed E-state index contributed by atoms with van der Waals surface area (Å²) < 4.78 is 0. The highest BCUT2D eigenvalue weighted by Gasteiger charge is 2.63. The average Bonchev–Trinajstić information content (AvgIpc) is 3.47. The fraction of sp³-hybridized carbons (Fsp3) is 0.280. The van der Waals surface area contributed by atoms with Gasteiger partial charge in [0.15, 0.2) is 0 Å². The Morgan fingerprint density at radius 2 is 1.60 bits per heavy atom. The largest absolute Gasteiger partial charge is 0.481 e. The minimum atomic E-state index is -1.09. The number of likely N-dealkylation sites (tertiary alicyclic amines) is 1. The van der Waals surface area contributed by atoms with Crippen LogP contribution in [0.2, 0.25) is 0 Å². The van der Waals surface area contributed by atoms with Crippen molar-refractivity contribution in [3.05, 3.63) is 71.4 Å². The molecular formula is C25H22N4O6. The first-order valence-corrected chi connectivity index (χ1v) is 11.2. The molecule has 3 aliphatic heterocycles. The molecule has 3 aliphatic rings. The molecule has 1 aromatic carbocycles. The third-order valence-electron chi connectivity index (χ3n) is 6.66. The van der Waals surface area contributed by atoms with Gasteiger partial charge in [0.1, 0.15) is 5.82 Å². The van der Waals surface area contributed by atoms with Crippen LogP contribution in [-0.4, -0.2) is 68.1 Å². The summed E-state index contributed by atoms with van der Waals surface area (Å²) in [6.07, 6.45) is 3.17. The molecule has 0 radical (unpaired) electrons. The molecule has 4 amide bonds. The maximum atomic E-state index is 13.5. The smallest absolute Gasteiger partial charge is 0.305 e. The number of nitrogens with one attached hydrogen (secondary N) is 1. The second-order valence-corrected chi connectivity index (χ2v) is 8.80. The van der Waals surface area contributed by atoms with E-state index in [-0.39, 0.29) is 30.0 Å². The summed E-state index contributed by atoms with van der Waals surface area (Å²) in [7, 11) is 0. The zero-order valence-electron chi connectivity index (χ0n) is 18.7. The SMILES string of the molecule is Cc1cccc(NC(=O)c2cccc(C(=O)N3[C@@H]4C=C[C@H]3[C@@H]3C(=O)N(CCC(=O)O)C(=O)[C@@H]34)c2)n1. The molecule has 2 N–H and O–H groups in total. The number of hydrogen-bond donors (Lipinski definition) is 2. The maximum Gasteiger partial charge on any atom is 0.305 e. The van der Waals surface area contributed by atoms with Gasteiger partial charge in [-0.1, -0.05) is 24.3 Å². The number of anilines is 1. The second-order valence-electron chi connectivity index (χ2n) is 8.80. The van der Waals surface area contributed by atoms with Gasteiger partial charge in [-0.25, -0.2) is 4.98 Å². The summed E-state index contributed by atoms with van der Waals surface area (Å²) in [6.45, 7) is 1.63. The van der Waals surface area contributed by atoms with E-state index in [2.05, 4.69) is 10.3 Å². The molecular weight excluding hydrogens is 452 g/mol. The summed E-state index contributed by atoms with van der Waals surface area (Å²) in [5.41, 5.74) is 1.28. The lowest BCUT2D eigenvalue weighted by molar-refractivity contribution is -0.142. The first-order valence-electron chi connectivity index (χ1n) is 11.2. The number of pyridine rings is 1. The average molecular weight is 474 g/mol. The number of nitrogens with zero attached hydrogens (tertiary/aromatic N) is 3. The van der Waals surface area contributed by atoms with Crippen LogP contribution < -0.4 is 5.32 Å². The fourth-order valence-electron chi connectivity index (χ4n) is 5.13. The summed E-state index contributed by atoms with van der Waals surface area (Å²) in [4.78, 5) is 69.7. The molecule has 2 bridgehead atoms. The predicted octanol–water partition coefficient (Wildman–Crippen LogP) is 1.48. The summed E-state index contributed by atoms with van der Waals surface area (Å²) >= 11 is 0. The van der Waals surface area contributed by atoms with Gasteiger partial charge < -0.3 is 15.3 Å². The third kappa shape index (κ3) is 3.76. The van der Waals surface area contributed by atoms with Crippen molar-refractivity contribution in [2.45, 2.75) is 25.4 Å². The van der Waals surface area contributed by atoms with Gasteiger partial charge in [-0.15, -0.1) is 0 Å². The van der Waals surface area contributed by atoms with E-state index in [4.69, 9.17) is 5.11 Å². The molecule has 4 heterocycles. The Morgan fingerprint density at radius 3 is 2.23 bits per heavy atom. The zero-order chi connectivity index (χ0) is 24.9. The number of carboxylic acids is 1. The van der Waals surface area contributed by atoms with E-state index in [0.29, 0.717) is 5.82 Å². The number of carbonyl (C=O) groups excluding carboxylic acids is 4. The number of aromatic nitrogens is 1. The Labute approximate surface area is 200 Å². The van der Waals surface area contributed by atoms with Crippen molar-refractivity contribution in [2.24, 2.45) is 11.8 Å². The number of carboxylic acid groups (broad SMARTS) is 1. The van der Waals surface area contributed by atoms with E-state index in [1.807, 2.05) is 13.0 Å². The molecule has 2 aromatic rings. The molecule has 10 nitrogen and oxygen atoms in total. The highest BCUT2D eigenvalue weighted by molar-refractivity contribution is 6.09. The Morgan fingerprint density at radius 1 is 0.971 bits per heavy atom. The van der Waals surface area contributed by atoms with E-state index in [9.17, 15) is 24.0 Å². The number of fused-ring (bicyclic) bond motifs is 5. The maximum absolute atomic E-state index is 13.5. The van der Waals surface area contributed by atoms with Crippen molar-refractivity contribution in [1.82, 2.24) is 14.8 Å². The molecule has 5 rings (SSSR count). The van der Waals surface area contributed by atoms with Gasteiger partial charge in [0.05, 0.1) is 30.3 Å². The van der Waals surface area contributed by atoms with E-state index in [1.54, 1.807) is 42.5 Å². The van der Waals surface area contributed by atoms with Crippen molar-refractivity contribution in [1.29, 1.82) is 0 Å². The molecule has 10 heteroatoms. The van der Waals surface area contributed by atoms with Crippen LogP contribution in [0, 0.1) is 18.8 Å². The van der Waals surface area contributed by atoms with Crippen LogP contribution in [0.1, 0.15) is 32.8 Å². The lowest BCUT2D eigenvalue weighted by Gasteiger charge is -2.26. The summed E-state index contributed by atoms with van der Waals surface area (Å²) in [5.74, 6) is -3.86. The Kier molecular flexibility index (Phi) is 5.43. The number of benzene rings is 1. The van der Waals surface area contributed by atoms with Crippen molar-refractivity contribution >= 4 is 35.4 Å². The van der Waals surface area contributed by atoms with Crippen LogP contribution in [-0.2, 0) is 14.4 Å². The number of aliphatic carboxylic acids is 1. The third-order valence-corrected chi connectivity index (χ3v) is 6.66. The van der Waals surface area contributed by atoms with Crippen LogP contribution >= 0.6 is 0 Å². The van der Waals surface area contributed by atoms with Gasteiger partial charge in [-0.2, -0.15) is 0 Å². The second kappa shape index (κ2) is 8.46. The van der Waals surface area contributed by atoms with Gasteiger partial charge in [-0.3, -0.25) is 28.9 Å². The van der Waals surface area contributed by atoms with Gasteiger partial charge in [0, 0.05) is 23.4 Å². The minimum Gasteiger partial charge on any atom is -0.481 e. The van der Waals surface area contributed by atoms with Gasteiger partial charge >= 0.3 is 5.97 Å². The molecule has 2 saturated heterocycles. The lowest BCUT2D eigenvalue weighted by atomic mass is 9.85. The monoisotopic (exact) mass is 474 g/mol. The number of aryl methyl sites for hydroxylation is 1. The predicted molar refractivity (Wildman–Crippen MR) is 122 cm³/mol. The number of hydrogen-bond acceptors (Lipinski definition) is 6. The first-order chi connectivity index (χ1) is 16.8. The van der Waals surface area contributed by atoms with E-state index < -0.39 is 47.6 Å². The van der Waals surface area contributed by atoms with Crippen LogP contribution in [0.25, 0.3) is 0 Å². The van der Waals surface area contributed by atoms with Crippen molar-refractivity contribution in [2.75, 3.05) is 11.9 Å². The van der Waals surface area contributed by atoms with Gasteiger partial charge in [-0.05, 0) is 37.3 Å². The van der Waals surface area contributed by atoms with E-state index in [0.717, 1.165) is 10.6 Å². The topological polar surface area (TPSA) is 137 Å². The molecule has 4 atom stereocenters. The molecule has 0 unspecified atom stereocenters. The molecule has 1 aromatic heterocycles. The Balaban J connectivity index is 1.34. The molecule has 35 heavy (non-hydrogen) atoms. The number of imide groups is 1. The van der Waals surface area contributed by atoms with Crippen LogP contribution in [0.3, 0.4) is 0 Å². The molecule has 0 saturated carbocycles. The molecule has 0 spiro atoms. The standard InChI is InChI=1S/C25H22N4O6/c1-13-4-2-7-18(26-13)27-22(32)14-5-3-6-15(12-14)23(33)29-16-8-9-17(29)21-20(16)24(34)28(25(21)35)11-10-19(30)31/h2-9,12,16-17,20-21H,10-11H2,1H3,(H,30,31)(H,26,27,32)/t16-,17+,20-,21+. The molecule has 2 fully saturated rings. The summed E-state index contributed by atoms with van der Waals surface area (Å²) in [5, 5.41) is 11.6. The van der Waals surface area contributed by atoms with Gasteiger partial charge in [0.25, 0.3) is 11.8 Å². The van der Waals surface area contributed by atoms with Crippen molar-refractivity contribution in [3.8, 4) is 0 Å². The highest BCUT2D eigenvalue weighted by Crippen LogP contribution is 2.47. The molecule has 0 aliphatic carbocycles. The number of carbonyl (C=O) groups is 5. The van der Waals surface area contributed by atoms with Crippen LogP contribution in [0.4, 0.5) is 5.82 Å². The van der Waals surface area contributed by atoms with E-state index >= 15 is 0 Å². The normalized spacial score (nSPS) is 24.1. The van der Waals surface area contributed by atoms with E-state index in [1.165, 1.54) is 11.0 Å². The number of amides is 4. The highest BCUT2D eigenvalue weighted by atomic mass is 16.4. The van der Waals surface area contributed by atoms with Crippen LogP contribution in [0.5, 0.6) is 0 Å². The van der Waals surface area contributed by atoms with Crippen molar-refractivity contribution in [3.63, 3.8) is 0 Å². The van der Waals surface area contributed by atoms with Crippen LogP contribution in [0.15, 0.2) is 54.6 Å².